The summed E-state index contributed by atoms with van der Waals surface area (Å²) in [5, 5.41) is 9.48. The summed E-state index contributed by atoms with van der Waals surface area (Å²) in [6.45, 7) is 4.34. The lowest BCUT2D eigenvalue weighted by Gasteiger charge is -2.10. The number of aliphatic hydroxyl groups is 1. The Bertz CT molecular complexity index is 221. The van der Waals surface area contributed by atoms with Gasteiger partial charge in [-0.3, -0.25) is 0 Å². The molecule has 12 heavy (non-hydrogen) atoms. The average molecular weight is 164 g/mol. The van der Waals surface area contributed by atoms with Crippen molar-refractivity contribution >= 4 is 0 Å². The molecule has 1 N–H and O–H groups in total. The van der Waals surface area contributed by atoms with Crippen LogP contribution >= 0.6 is 0 Å². The van der Waals surface area contributed by atoms with E-state index >= 15 is 0 Å². The van der Waals surface area contributed by atoms with E-state index < -0.39 is 6.10 Å². The minimum absolute atomic E-state index is 0.395. The lowest BCUT2D eigenvalue weighted by molar-refractivity contribution is 0.261. The van der Waals surface area contributed by atoms with Crippen LogP contribution in [0.3, 0.4) is 0 Å². The molecule has 1 rings (SSSR count). The summed E-state index contributed by atoms with van der Waals surface area (Å²) >= 11 is 0. The molecular formula is C11H16O. The van der Waals surface area contributed by atoms with Gasteiger partial charge in [-0.2, -0.15) is 0 Å². The summed E-state index contributed by atoms with van der Waals surface area (Å²) in [5.41, 5.74) is 1.02. The first-order chi connectivity index (χ1) is 5.70. The van der Waals surface area contributed by atoms with Gasteiger partial charge in [0.2, 0.25) is 0 Å². The summed E-state index contributed by atoms with van der Waals surface area (Å²) < 4.78 is 0. The smallest absolute Gasteiger partial charge is 0.0971 e. The van der Waals surface area contributed by atoms with Crippen LogP contribution in [0.2, 0.25) is 0 Å². The minimum atomic E-state index is -0.395. The third kappa shape index (κ3) is 2.67. The molecule has 0 amide bonds. The fourth-order valence-corrected chi connectivity index (χ4v) is 1.11. The van der Waals surface area contributed by atoms with E-state index in [0.29, 0.717) is 5.92 Å². The third-order valence-corrected chi connectivity index (χ3v) is 1.86. The molecule has 0 saturated heterocycles. The Kier molecular flexibility index (Phi) is 3.30. The molecule has 0 fully saturated rings. The monoisotopic (exact) mass is 164 g/mol. The molecule has 0 aromatic rings. The fourth-order valence-electron chi connectivity index (χ4n) is 1.11. The molecule has 0 aromatic carbocycles. The number of rotatable bonds is 2. The molecule has 1 nitrogen and oxygen atoms in total. The number of hydrogen-bond donors (Lipinski definition) is 1. The first-order valence-electron chi connectivity index (χ1n) is 4.43. The van der Waals surface area contributed by atoms with Crippen molar-refractivity contribution in [2.75, 3.05) is 0 Å². The molecule has 0 bridgehead atoms. The van der Waals surface area contributed by atoms with Gasteiger partial charge < -0.3 is 5.11 Å². The van der Waals surface area contributed by atoms with Crippen LogP contribution < -0.4 is 0 Å². The molecule has 1 heteroatoms. The van der Waals surface area contributed by atoms with Crippen molar-refractivity contribution in [3.05, 3.63) is 36.0 Å². The standard InChI is InChI=1S/C11H16O/c1-9(2)7-8-10-5-3-4-6-11(10)12/h3-6,8-9,11-12H,7H2,1-2H3. The maximum absolute atomic E-state index is 9.48. The van der Waals surface area contributed by atoms with Crippen molar-refractivity contribution in [1.29, 1.82) is 0 Å². The second-order valence-electron chi connectivity index (χ2n) is 3.52. The summed E-state index contributed by atoms with van der Waals surface area (Å²) in [6, 6.07) is 0. The van der Waals surface area contributed by atoms with Crippen LogP contribution in [-0.2, 0) is 0 Å². The number of aliphatic hydroxyl groups excluding tert-OH is 1. The molecular weight excluding hydrogens is 148 g/mol. The highest BCUT2D eigenvalue weighted by Crippen LogP contribution is 2.13. The first-order valence-corrected chi connectivity index (χ1v) is 4.43. The van der Waals surface area contributed by atoms with E-state index in [1.165, 1.54) is 0 Å². The zero-order valence-electron chi connectivity index (χ0n) is 7.70. The summed E-state index contributed by atoms with van der Waals surface area (Å²) in [7, 11) is 0. The van der Waals surface area contributed by atoms with E-state index in [1.54, 1.807) is 6.08 Å². The van der Waals surface area contributed by atoms with Gasteiger partial charge in [0.1, 0.15) is 0 Å². The molecule has 66 valence electrons. The molecule has 0 aliphatic heterocycles. The maximum atomic E-state index is 9.48. The second-order valence-corrected chi connectivity index (χ2v) is 3.52. The number of hydrogen-bond acceptors (Lipinski definition) is 1. The maximum Gasteiger partial charge on any atom is 0.0971 e. The SMILES string of the molecule is CC(C)CC=C1C=CC=CC1O. The van der Waals surface area contributed by atoms with Gasteiger partial charge in [-0.15, -0.1) is 0 Å². The first kappa shape index (κ1) is 9.27. The second kappa shape index (κ2) is 4.27. The van der Waals surface area contributed by atoms with Crippen LogP contribution in [0.25, 0.3) is 0 Å². The van der Waals surface area contributed by atoms with Crippen molar-refractivity contribution < 1.29 is 5.11 Å². The predicted octanol–water partition coefficient (Wildman–Crippen LogP) is 2.45. The molecule has 1 unspecified atom stereocenters. The van der Waals surface area contributed by atoms with E-state index in [-0.39, 0.29) is 0 Å². The Morgan fingerprint density at radius 2 is 2.25 bits per heavy atom. The molecule has 1 atom stereocenters. The van der Waals surface area contributed by atoms with Crippen LogP contribution in [0.5, 0.6) is 0 Å². The molecule has 1 aliphatic carbocycles. The van der Waals surface area contributed by atoms with Gasteiger partial charge in [-0.05, 0) is 17.9 Å². The van der Waals surface area contributed by atoms with Gasteiger partial charge in [0, 0.05) is 0 Å². The average Bonchev–Trinajstić information content (AvgIpc) is 2.03. The van der Waals surface area contributed by atoms with E-state index in [2.05, 4.69) is 19.9 Å². The van der Waals surface area contributed by atoms with Gasteiger partial charge >= 0.3 is 0 Å². The van der Waals surface area contributed by atoms with Gasteiger partial charge in [0.05, 0.1) is 6.10 Å². The summed E-state index contributed by atoms with van der Waals surface area (Å²) in [4.78, 5) is 0. The highest BCUT2D eigenvalue weighted by molar-refractivity contribution is 5.34. The zero-order chi connectivity index (χ0) is 8.97. The topological polar surface area (TPSA) is 20.2 Å². The minimum Gasteiger partial charge on any atom is -0.384 e. The van der Waals surface area contributed by atoms with Crippen LogP contribution in [0.1, 0.15) is 20.3 Å². The summed E-state index contributed by atoms with van der Waals surface area (Å²) in [6.07, 6.45) is 10.3. The molecule has 0 aromatic heterocycles. The Hall–Kier alpha value is -0.820. The van der Waals surface area contributed by atoms with Gasteiger partial charge in [0.15, 0.2) is 0 Å². The fraction of sp³-hybridized carbons (Fsp3) is 0.455. The summed E-state index contributed by atoms with van der Waals surface area (Å²) in [5.74, 6) is 0.656. The lowest BCUT2D eigenvalue weighted by Crippen LogP contribution is -2.07. The molecule has 0 spiro atoms. The Morgan fingerprint density at radius 1 is 1.50 bits per heavy atom. The van der Waals surface area contributed by atoms with Crippen LogP contribution in [0, 0.1) is 5.92 Å². The largest absolute Gasteiger partial charge is 0.384 e. The molecule has 1 aliphatic rings. The zero-order valence-corrected chi connectivity index (χ0v) is 7.70. The normalized spacial score (nSPS) is 25.7. The third-order valence-electron chi connectivity index (χ3n) is 1.86. The Labute approximate surface area is 74.1 Å². The van der Waals surface area contributed by atoms with Gasteiger partial charge in [0.25, 0.3) is 0 Å². The number of allylic oxidation sites excluding steroid dienone is 3. The molecule has 0 radical (unpaired) electrons. The van der Waals surface area contributed by atoms with Crippen LogP contribution in [-0.4, -0.2) is 11.2 Å². The highest BCUT2D eigenvalue weighted by atomic mass is 16.3. The van der Waals surface area contributed by atoms with Crippen molar-refractivity contribution in [1.82, 2.24) is 0 Å². The van der Waals surface area contributed by atoms with Gasteiger partial charge in [-0.25, -0.2) is 0 Å². The van der Waals surface area contributed by atoms with Crippen molar-refractivity contribution in [3.63, 3.8) is 0 Å². The molecule has 0 saturated carbocycles. The van der Waals surface area contributed by atoms with E-state index in [9.17, 15) is 5.11 Å². The van der Waals surface area contributed by atoms with Crippen molar-refractivity contribution in [3.8, 4) is 0 Å². The quantitative estimate of drug-likeness (QED) is 0.664. The van der Waals surface area contributed by atoms with E-state index in [0.717, 1.165) is 12.0 Å². The Balaban J connectivity index is 2.56. The van der Waals surface area contributed by atoms with E-state index in [4.69, 9.17) is 0 Å². The molecule has 0 heterocycles. The predicted molar refractivity (Wildman–Crippen MR) is 51.8 cm³/mol. The Morgan fingerprint density at radius 3 is 2.83 bits per heavy atom. The van der Waals surface area contributed by atoms with Crippen molar-refractivity contribution in [2.45, 2.75) is 26.4 Å². The van der Waals surface area contributed by atoms with Crippen LogP contribution in [0.15, 0.2) is 36.0 Å². The highest BCUT2D eigenvalue weighted by Gasteiger charge is 2.05. The van der Waals surface area contributed by atoms with Crippen LogP contribution in [0.4, 0.5) is 0 Å². The van der Waals surface area contributed by atoms with E-state index in [1.807, 2.05) is 18.2 Å². The van der Waals surface area contributed by atoms with Crippen molar-refractivity contribution in [2.24, 2.45) is 5.92 Å². The van der Waals surface area contributed by atoms with Gasteiger partial charge in [-0.1, -0.05) is 44.2 Å². The lowest BCUT2D eigenvalue weighted by atomic mass is 10.0.